The number of benzene rings is 1. The lowest BCUT2D eigenvalue weighted by Gasteiger charge is -1.94. The molecule has 4 nitrogen and oxygen atoms in total. The van der Waals surface area contributed by atoms with E-state index in [0.717, 1.165) is 10.9 Å². The smallest absolute Gasteiger partial charge is 0.256 e. The van der Waals surface area contributed by atoms with Crippen LogP contribution in [0.4, 0.5) is 5.69 Å². The van der Waals surface area contributed by atoms with Crippen molar-refractivity contribution in [3.8, 4) is 0 Å². The predicted molar refractivity (Wildman–Crippen MR) is 52.0 cm³/mol. The van der Waals surface area contributed by atoms with Gasteiger partial charge in [0.25, 0.3) is 4.92 Å². The molecule has 0 atom stereocenters. The maximum atomic E-state index is 11.1. The van der Waals surface area contributed by atoms with E-state index in [2.05, 4.69) is 9.82 Å². The number of rotatable bonds is 2. The van der Waals surface area contributed by atoms with Crippen molar-refractivity contribution in [2.75, 3.05) is 7.11 Å². The standard InChI is InChI=1S/C10H9N2O2/c1-14-12(13)9-5-4-8-3-2-6-11-10(8)7-9/h2-7H,1H3/q+1. The highest BCUT2D eigenvalue weighted by Gasteiger charge is 2.13. The van der Waals surface area contributed by atoms with E-state index in [9.17, 15) is 4.91 Å². The van der Waals surface area contributed by atoms with E-state index in [0.29, 0.717) is 10.6 Å². The molecule has 1 aromatic heterocycles. The highest BCUT2D eigenvalue weighted by Crippen LogP contribution is 2.18. The Labute approximate surface area is 80.7 Å². The fourth-order valence-corrected chi connectivity index (χ4v) is 1.27. The van der Waals surface area contributed by atoms with E-state index >= 15 is 0 Å². The molecule has 0 radical (unpaired) electrons. The first-order chi connectivity index (χ1) is 6.81. The van der Waals surface area contributed by atoms with Gasteiger partial charge >= 0.3 is 5.69 Å². The van der Waals surface area contributed by atoms with Crippen molar-refractivity contribution in [1.82, 2.24) is 4.98 Å². The minimum absolute atomic E-state index is 0.443. The molecule has 0 aliphatic rings. The van der Waals surface area contributed by atoms with E-state index < -0.39 is 0 Å². The summed E-state index contributed by atoms with van der Waals surface area (Å²) in [7, 11) is 1.33. The number of hydrogen-bond donors (Lipinski definition) is 0. The van der Waals surface area contributed by atoms with Gasteiger partial charge in [0.2, 0.25) is 0 Å². The predicted octanol–water partition coefficient (Wildman–Crippen LogP) is 2.21. The van der Waals surface area contributed by atoms with Gasteiger partial charge in [-0.05, 0) is 12.1 Å². The highest BCUT2D eigenvalue weighted by molar-refractivity contribution is 5.80. The van der Waals surface area contributed by atoms with Gasteiger partial charge in [-0.1, -0.05) is 6.07 Å². The molecule has 70 valence electrons. The van der Waals surface area contributed by atoms with Gasteiger partial charge in [0.15, 0.2) is 7.11 Å². The number of fused-ring (bicyclic) bond motifs is 1. The maximum Gasteiger partial charge on any atom is 0.318 e. The average Bonchev–Trinajstić information content (AvgIpc) is 2.27. The Kier molecular flexibility index (Phi) is 2.10. The van der Waals surface area contributed by atoms with Crippen LogP contribution in [0, 0.1) is 4.91 Å². The van der Waals surface area contributed by atoms with Crippen LogP contribution in [0.5, 0.6) is 0 Å². The van der Waals surface area contributed by atoms with Crippen LogP contribution in [0.1, 0.15) is 0 Å². The first-order valence-corrected chi connectivity index (χ1v) is 4.17. The zero-order valence-corrected chi connectivity index (χ0v) is 7.68. The van der Waals surface area contributed by atoms with Gasteiger partial charge in [-0.25, -0.2) is 4.84 Å². The normalized spacial score (nSPS) is 10.1. The van der Waals surface area contributed by atoms with Crippen molar-refractivity contribution < 1.29 is 9.76 Å². The summed E-state index contributed by atoms with van der Waals surface area (Å²) in [6.07, 6.45) is 1.69. The second-order valence-corrected chi connectivity index (χ2v) is 2.82. The fourth-order valence-electron chi connectivity index (χ4n) is 1.27. The number of pyridine rings is 1. The number of aromatic nitrogens is 1. The van der Waals surface area contributed by atoms with Crippen LogP contribution in [0.15, 0.2) is 36.5 Å². The lowest BCUT2D eigenvalue weighted by atomic mass is 10.2. The van der Waals surface area contributed by atoms with Crippen LogP contribution in [-0.2, 0) is 4.84 Å². The van der Waals surface area contributed by atoms with Gasteiger partial charge in [0.1, 0.15) is 0 Å². The molecule has 0 fully saturated rings. The lowest BCUT2D eigenvalue weighted by Crippen LogP contribution is -1.97. The molecular weight excluding hydrogens is 180 g/mol. The SMILES string of the molecule is CO[N+](=O)c1ccc2cccnc2c1. The molecule has 2 rings (SSSR count). The van der Waals surface area contributed by atoms with Crippen LogP contribution < -0.4 is 0 Å². The first-order valence-electron chi connectivity index (χ1n) is 4.17. The third kappa shape index (κ3) is 1.42. The summed E-state index contributed by atoms with van der Waals surface area (Å²) in [4.78, 5) is 20.2. The lowest BCUT2D eigenvalue weighted by molar-refractivity contribution is -0.736. The molecule has 0 saturated carbocycles. The summed E-state index contributed by atoms with van der Waals surface area (Å²) < 4.78 is 0. The van der Waals surface area contributed by atoms with E-state index in [1.807, 2.05) is 18.2 Å². The minimum Gasteiger partial charge on any atom is -0.256 e. The number of nitrogens with zero attached hydrogens (tertiary/aromatic N) is 2. The molecule has 4 heteroatoms. The molecule has 0 aliphatic heterocycles. The Balaban J connectivity index is 2.56. The molecule has 1 aromatic carbocycles. The van der Waals surface area contributed by atoms with Gasteiger partial charge in [-0.15, -0.1) is 0 Å². The van der Waals surface area contributed by atoms with Crippen LogP contribution >= 0.6 is 0 Å². The summed E-state index contributed by atoms with van der Waals surface area (Å²) in [5.41, 5.74) is 1.22. The Bertz CT molecular complexity index is 482. The Morgan fingerprint density at radius 2 is 2.21 bits per heavy atom. The second-order valence-electron chi connectivity index (χ2n) is 2.82. The summed E-state index contributed by atoms with van der Waals surface area (Å²) >= 11 is 0. The van der Waals surface area contributed by atoms with E-state index in [-0.39, 0.29) is 0 Å². The van der Waals surface area contributed by atoms with Crippen LogP contribution in [0.3, 0.4) is 0 Å². The topological polar surface area (TPSA) is 42.2 Å². The molecule has 0 amide bonds. The molecular formula is C10H9N2O2+. The second kappa shape index (κ2) is 3.41. The minimum atomic E-state index is 0.443. The zero-order chi connectivity index (χ0) is 9.97. The average molecular weight is 189 g/mol. The summed E-state index contributed by atoms with van der Waals surface area (Å²) in [6.45, 7) is 0. The Morgan fingerprint density at radius 1 is 1.36 bits per heavy atom. The van der Waals surface area contributed by atoms with E-state index in [1.165, 1.54) is 7.11 Å². The van der Waals surface area contributed by atoms with Crippen molar-refractivity contribution in [1.29, 1.82) is 0 Å². The molecule has 2 aromatic rings. The summed E-state index contributed by atoms with van der Waals surface area (Å²) in [6, 6.07) is 9.01. The van der Waals surface area contributed by atoms with Crippen LogP contribution in [0.2, 0.25) is 0 Å². The molecule has 1 heterocycles. The van der Waals surface area contributed by atoms with Crippen molar-refractivity contribution in [2.24, 2.45) is 0 Å². The van der Waals surface area contributed by atoms with Crippen molar-refractivity contribution in [3.63, 3.8) is 0 Å². The van der Waals surface area contributed by atoms with Crippen molar-refractivity contribution >= 4 is 16.6 Å². The van der Waals surface area contributed by atoms with Crippen LogP contribution in [-0.4, -0.2) is 17.0 Å². The Hall–Kier alpha value is -1.97. The van der Waals surface area contributed by atoms with E-state index in [4.69, 9.17) is 0 Å². The molecule has 0 unspecified atom stereocenters. The van der Waals surface area contributed by atoms with Gasteiger partial charge in [-0.2, -0.15) is 0 Å². The zero-order valence-electron chi connectivity index (χ0n) is 7.68. The monoisotopic (exact) mass is 189 g/mol. The van der Waals surface area contributed by atoms with Crippen molar-refractivity contribution in [2.45, 2.75) is 0 Å². The molecule has 0 bridgehead atoms. The molecule has 0 aliphatic carbocycles. The van der Waals surface area contributed by atoms with Gasteiger partial charge in [-0.3, -0.25) is 4.98 Å². The van der Waals surface area contributed by atoms with Gasteiger partial charge in [0, 0.05) is 23.7 Å². The third-order valence-corrected chi connectivity index (χ3v) is 1.97. The first kappa shape index (κ1) is 8.62. The summed E-state index contributed by atoms with van der Waals surface area (Å²) in [5.74, 6) is 0. The maximum absolute atomic E-state index is 11.1. The van der Waals surface area contributed by atoms with Gasteiger partial charge in [0.05, 0.1) is 10.4 Å². The molecule has 0 N–H and O–H groups in total. The van der Waals surface area contributed by atoms with Gasteiger partial charge < -0.3 is 0 Å². The number of hydrogen-bond acceptors (Lipinski definition) is 3. The molecule has 0 spiro atoms. The summed E-state index contributed by atoms with van der Waals surface area (Å²) in [5, 5.41) is 1.00. The highest BCUT2D eigenvalue weighted by atomic mass is 16.8. The van der Waals surface area contributed by atoms with E-state index in [1.54, 1.807) is 18.3 Å². The quantitative estimate of drug-likeness (QED) is 0.680. The van der Waals surface area contributed by atoms with Crippen molar-refractivity contribution in [3.05, 3.63) is 41.4 Å². The van der Waals surface area contributed by atoms with Crippen LogP contribution in [0.25, 0.3) is 10.9 Å². The molecule has 0 saturated heterocycles. The Morgan fingerprint density at radius 3 is 3.00 bits per heavy atom. The largest absolute Gasteiger partial charge is 0.318 e. The fraction of sp³-hybridized carbons (Fsp3) is 0.100. The molecule has 14 heavy (non-hydrogen) atoms. The third-order valence-electron chi connectivity index (χ3n) is 1.97.